The molecule has 0 spiro atoms. The summed E-state index contributed by atoms with van der Waals surface area (Å²) < 4.78 is -0.131. The second-order valence-electron chi connectivity index (χ2n) is 4.03. The standard InChI is InChI=1S/C12H13NS/c1-9-4-3-5-11(6-9)14-12(8-13)7-10(12)2/h3-6,10H,7H2,1-2H3. The Hall–Kier alpha value is -0.940. The van der Waals surface area contributed by atoms with E-state index in [-0.39, 0.29) is 4.75 Å². The van der Waals surface area contributed by atoms with Crippen LogP contribution in [0.25, 0.3) is 0 Å². The minimum absolute atomic E-state index is 0.131. The Bertz CT molecular complexity index is 394. The quantitative estimate of drug-likeness (QED) is 0.735. The number of hydrogen-bond donors (Lipinski definition) is 0. The van der Waals surface area contributed by atoms with Crippen LogP contribution in [0.2, 0.25) is 0 Å². The minimum Gasteiger partial charge on any atom is -0.197 e. The van der Waals surface area contributed by atoms with Gasteiger partial charge in [0.05, 0.1) is 6.07 Å². The molecule has 72 valence electrons. The third-order valence-electron chi connectivity index (χ3n) is 2.72. The SMILES string of the molecule is Cc1cccc(SC2(C#N)CC2C)c1. The summed E-state index contributed by atoms with van der Waals surface area (Å²) in [5.74, 6) is 0.540. The smallest absolute Gasteiger partial charge is 0.110 e. The molecule has 2 atom stereocenters. The highest BCUT2D eigenvalue weighted by Gasteiger charge is 2.52. The van der Waals surface area contributed by atoms with E-state index in [0.29, 0.717) is 5.92 Å². The van der Waals surface area contributed by atoms with Crippen LogP contribution in [0.4, 0.5) is 0 Å². The number of thioether (sulfide) groups is 1. The lowest BCUT2D eigenvalue weighted by Crippen LogP contribution is -2.00. The van der Waals surface area contributed by atoms with E-state index in [2.05, 4.69) is 44.2 Å². The molecule has 1 aliphatic rings. The Labute approximate surface area is 89.1 Å². The average Bonchev–Trinajstić information content (AvgIpc) is 2.77. The third kappa shape index (κ3) is 1.65. The molecule has 0 aliphatic heterocycles. The van der Waals surface area contributed by atoms with Gasteiger partial charge in [0, 0.05) is 4.90 Å². The highest BCUT2D eigenvalue weighted by atomic mass is 32.2. The maximum atomic E-state index is 9.09. The van der Waals surface area contributed by atoms with Crippen LogP contribution in [0.5, 0.6) is 0 Å². The van der Waals surface area contributed by atoms with Crippen molar-refractivity contribution in [2.45, 2.75) is 29.9 Å². The summed E-state index contributed by atoms with van der Waals surface area (Å²) in [5, 5.41) is 9.09. The van der Waals surface area contributed by atoms with Crippen LogP contribution in [-0.2, 0) is 0 Å². The molecule has 0 heterocycles. The van der Waals surface area contributed by atoms with Gasteiger partial charge in [-0.1, -0.05) is 24.6 Å². The van der Waals surface area contributed by atoms with E-state index in [1.807, 2.05) is 0 Å². The summed E-state index contributed by atoms with van der Waals surface area (Å²) in [6, 6.07) is 10.8. The van der Waals surface area contributed by atoms with E-state index in [9.17, 15) is 0 Å². The molecular formula is C12H13NS. The Balaban J connectivity index is 2.16. The maximum absolute atomic E-state index is 9.09. The molecule has 1 aliphatic carbocycles. The van der Waals surface area contributed by atoms with E-state index in [1.165, 1.54) is 10.5 Å². The Morgan fingerprint density at radius 3 is 2.79 bits per heavy atom. The van der Waals surface area contributed by atoms with Gasteiger partial charge in [-0.15, -0.1) is 11.8 Å². The lowest BCUT2D eigenvalue weighted by Gasteiger charge is -2.07. The van der Waals surface area contributed by atoms with Crippen molar-refractivity contribution < 1.29 is 0 Å². The van der Waals surface area contributed by atoms with Gasteiger partial charge < -0.3 is 0 Å². The van der Waals surface area contributed by atoms with Gasteiger partial charge in [0.1, 0.15) is 4.75 Å². The molecule has 2 unspecified atom stereocenters. The van der Waals surface area contributed by atoms with Crippen LogP contribution in [0.1, 0.15) is 18.9 Å². The van der Waals surface area contributed by atoms with Crippen LogP contribution in [0, 0.1) is 24.2 Å². The first-order valence-corrected chi connectivity index (χ1v) is 5.65. The molecule has 2 rings (SSSR count). The molecule has 1 aromatic carbocycles. The van der Waals surface area contributed by atoms with Gasteiger partial charge in [0.15, 0.2) is 0 Å². The second kappa shape index (κ2) is 3.33. The first kappa shape index (κ1) is 9.61. The third-order valence-corrected chi connectivity index (χ3v) is 4.24. The molecule has 0 aromatic heterocycles. The topological polar surface area (TPSA) is 23.8 Å². The van der Waals surface area contributed by atoms with Gasteiger partial charge in [-0.3, -0.25) is 0 Å². The molecule has 0 amide bonds. The van der Waals surface area contributed by atoms with Crippen LogP contribution in [0.15, 0.2) is 29.2 Å². The molecule has 1 saturated carbocycles. The summed E-state index contributed by atoms with van der Waals surface area (Å²) in [5.41, 5.74) is 1.26. The molecule has 2 heteroatoms. The van der Waals surface area contributed by atoms with E-state index in [0.717, 1.165) is 6.42 Å². The summed E-state index contributed by atoms with van der Waals surface area (Å²) >= 11 is 1.72. The Morgan fingerprint density at radius 2 is 2.29 bits per heavy atom. The monoisotopic (exact) mass is 203 g/mol. The molecular weight excluding hydrogens is 190 g/mol. The average molecular weight is 203 g/mol. The number of nitriles is 1. The van der Waals surface area contributed by atoms with E-state index < -0.39 is 0 Å². The van der Waals surface area contributed by atoms with Crippen LogP contribution < -0.4 is 0 Å². The van der Waals surface area contributed by atoms with Crippen molar-refractivity contribution in [3.63, 3.8) is 0 Å². The largest absolute Gasteiger partial charge is 0.197 e. The van der Waals surface area contributed by atoms with Gasteiger partial charge in [0.25, 0.3) is 0 Å². The Morgan fingerprint density at radius 1 is 1.57 bits per heavy atom. The van der Waals surface area contributed by atoms with Gasteiger partial charge in [-0.05, 0) is 31.4 Å². The molecule has 14 heavy (non-hydrogen) atoms. The number of nitrogens with zero attached hydrogens (tertiary/aromatic N) is 1. The fourth-order valence-electron chi connectivity index (χ4n) is 1.61. The number of rotatable bonds is 2. The molecule has 0 N–H and O–H groups in total. The fourth-order valence-corrected chi connectivity index (χ4v) is 3.00. The van der Waals surface area contributed by atoms with E-state index in [4.69, 9.17) is 5.26 Å². The maximum Gasteiger partial charge on any atom is 0.110 e. The van der Waals surface area contributed by atoms with Crippen LogP contribution in [0.3, 0.4) is 0 Å². The highest BCUT2D eigenvalue weighted by molar-refractivity contribution is 8.01. The highest BCUT2D eigenvalue weighted by Crippen LogP contribution is 2.56. The van der Waals surface area contributed by atoms with Crippen molar-refractivity contribution in [1.29, 1.82) is 5.26 Å². The van der Waals surface area contributed by atoms with Crippen molar-refractivity contribution in [2.24, 2.45) is 5.92 Å². The van der Waals surface area contributed by atoms with E-state index >= 15 is 0 Å². The minimum atomic E-state index is -0.131. The number of aryl methyl sites for hydroxylation is 1. The molecule has 0 radical (unpaired) electrons. The van der Waals surface area contributed by atoms with Crippen LogP contribution >= 0.6 is 11.8 Å². The van der Waals surface area contributed by atoms with Gasteiger partial charge in [-0.2, -0.15) is 5.26 Å². The van der Waals surface area contributed by atoms with Crippen LogP contribution in [-0.4, -0.2) is 4.75 Å². The molecule has 0 bridgehead atoms. The second-order valence-corrected chi connectivity index (χ2v) is 5.43. The predicted molar refractivity (Wildman–Crippen MR) is 59.2 cm³/mol. The summed E-state index contributed by atoms with van der Waals surface area (Å²) in [7, 11) is 0. The zero-order valence-corrected chi connectivity index (χ0v) is 9.27. The van der Waals surface area contributed by atoms with Gasteiger partial charge in [0.2, 0.25) is 0 Å². The molecule has 1 fully saturated rings. The Kier molecular flexibility index (Phi) is 2.28. The summed E-state index contributed by atoms with van der Waals surface area (Å²) in [4.78, 5) is 1.22. The first-order valence-electron chi connectivity index (χ1n) is 4.83. The zero-order chi connectivity index (χ0) is 10.2. The van der Waals surface area contributed by atoms with Crippen molar-refractivity contribution in [3.8, 4) is 6.07 Å². The predicted octanol–water partition coefficient (Wildman–Crippen LogP) is 3.39. The lowest BCUT2D eigenvalue weighted by atomic mass is 10.2. The molecule has 0 saturated heterocycles. The van der Waals surface area contributed by atoms with Gasteiger partial charge in [-0.25, -0.2) is 0 Å². The zero-order valence-electron chi connectivity index (χ0n) is 8.45. The fraction of sp³-hybridized carbons (Fsp3) is 0.417. The normalized spacial score (nSPS) is 29.6. The first-order chi connectivity index (χ1) is 6.66. The lowest BCUT2D eigenvalue weighted by molar-refractivity contribution is 0.935. The summed E-state index contributed by atoms with van der Waals surface area (Å²) in [6.07, 6.45) is 1.03. The van der Waals surface area contributed by atoms with Gasteiger partial charge >= 0.3 is 0 Å². The molecule has 1 nitrogen and oxygen atoms in total. The van der Waals surface area contributed by atoms with E-state index in [1.54, 1.807) is 11.8 Å². The van der Waals surface area contributed by atoms with Crippen molar-refractivity contribution >= 4 is 11.8 Å². The van der Waals surface area contributed by atoms with Crippen molar-refractivity contribution in [2.75, 3.05) is 0 Å². The molecule has 1 aromatic rings. The number of benzene rings is 1. The number of hydrogen-bond acceptors (Lipinski definition) is 2. The van der Waals surface area contributed by atoms with Crippen molar-refractivity contribution in [3.05, 3.63) is 29.8 Å². The summed E-state index contributed by atoms with van der Waals surface area (Å²) in [6.45, 7) is 4.23. The van der Waals surface area contributed by atoms with Crippen molar-refractivity contribution in [1.82, 2.24) is 0 Å².